The predicted octanol–water partition coefficient (Wildman–Crippen LogP) is -0.786. The molecule has 3 aromatic rings. The number of amides is 1. The second kappa shape index (κ2) is 6.90. The lowest BCUT2D eigenvalue weighted by Gasteiger charge is -2.10. The van der Waals surface area contributed by atoms with Gasteiger partial charge in [0.15, 0.2) is 0 Å². The highest BCUT2D eigenvalue weighted by molar-refractivity contribution is 6.01. The highest BCUT2D eigenvalue weighted by Crippen LogP contribution is 2.09. The van der Waals surface area contributed by atoms with Crippen molar-refractivity contribution in [2.24, 2.45) is 14.1 Å². The second-order valence-electron chi connectivity index (χ2n) is 5.81. The van der Waals surface area contributed by atoms with Gasteiger partial charge in [-0.3, -0.25) is 19.5 Å². The number of nitrogens with zero attached hydrogens (tertiary/aromatic N) is 7. The normalized spacial score (nSPS) is 10.8. The van der Waals surface area contributed by atoms with E-state index in [1.54, 1.807) is 6.92 Å². The third-order valence-electron chi connectivity index (χ3n) is 3.83. The van der Waals surface area contributed by atoms with E-state index in [0.717, 1.165) is 9.25 Å². The maximum Gasteiger partial charge on any atom is 0.347 e. The number of benzene rings is 1. The van der Waals surface area contributed by atoms with Crippen LogP contribution in [-0.2, 0) is 20.6 Å². The van der Waals surface area contributed by atoms with Crippen LogP contribution in [-0.4, -0.2) is 40.5 Å². The predicted molar refractivity (Wildman–Crippen MR) is 90.7 cm³/mol. The monoisotopic (exact) mass is 374 g/mol. The van der Waals surface area contributed by atoms with Crippen molar-refractivity contribution in [2.45, 2.75) is 13.5 Å². The number of aromatic nitrogens is 7. The first-order chi connectivity index (χ1) is 12.8. The van der Waals surface area contributed by atoms with E-state index in [-0.39, 0.29) is 12.5 Å². The van der Waals surface area contributed by atoms with Gasteiger partial charge in [-0.05, 0) is 34.5 Å². The fourth-order valence-electron chi connectivity index (χ4n) is 2.39. The molecule has 1 amide bonds. The van der Waals surface area contributed by atoms with Crippen LogP contribution in [0.3, 0.4) is 0 Å². The summed E-state index contributed by atoms with van der Waals surface area (Å²) in [5.74, 6) is -1.25. The Morgan fingerprint density at radius 1 is 1.22 bits per heavy atom. The van der Waals surface area contributed by atoms with E-state index < -0.39 is 28.7 Å². The van der Waals surface area contributed by atoms with Crippen LogP contribution in [0.15, 0.2) is 27.8 Å². The van der Waals surface area contributed by atoms with Crippen molar-refractivity contribution in [3.8, 4) is 0 Å². The van der Waals surface area contributed by atoms with Crippen molar-refractivity contribution >= 4 is 11.9 Å². The second-order valence-corrected chi connectivity index (χ2v) is 5.81. The Balaban J connectivity index is 2.01. The molecule has 0 aliphatic heterocycles. The number of nitrogens with one attached hydrogen (secondary N) is 1. The fraction of sp³-hybridized carbons (Fsp3) is 0.267. The Hall–Kier alpha value is -3.70. The fourth-order valence-corrected chi connectivity index (χ4v) is 2.39. The average molecular weight is 374 g/mol. The van der Waals surface area contributed by atoms with Gasteiger partial charge in [-0.2, -0.15) is 5.10 Å². The topological polar surface area (TPSA) is 130 Å². The molecule has 1 aromatic carbocycles. The molecule has 27 heavy (non-hydrogen) atoms. The van der Waals surface area contributed by atoms with Gasteiger partial charge in [0.2, 0.25) is 11.6 Å². The Morgan fingerprint density at radius 3 is 2.59 bits per heavy atom. The van der Waals surface area contributed by atoms with Crippen molar-refractivity contribution in [3.05, 3.63) is 61.7 Å². The molecule has 0 aliphatic rings. The van der Waals surface area contributed by atoms with Crippen LogP contribution < -0.4 is 16.6 Å². The van der Waals surface area contributed by atoms with Gasteiger partial charge in [-0.15, -0.1) is 0 Å². The molecule has 0 bridgehead atoms. The van der Waals surface area contributed by atoms with Crippen molar-refractivity contribution in [3.63, 3.8) is 0 Å². The maximum atomic E-state index is 13.4. The standard InChI is InChI=1S/C15H15FN8O3/c1-8-6-9(4-5-10(8)16)7-24-13(26)11(19-23(3)15(24)27)12(25)17-14-18-20-21-22(14)2/h4-6H,7H2,1-3H3,(H,17,18,21,25). The summed E-state index contributed by atoms with van der Waals surface area (Å²) >= 11 is 0. The summed E-state index contributed by atoms with van der Waals surface area (Å²) in [7, 11) is 2.81. The number of tetrazole rings is 1. The lowest BCUT2D eigenvalue weighted by Crippen LogP contribution is -2.44. The zero-order chi connectivity index (χ0) is 19.7. The minimum absolute atomic E-state index is 0.00997. The molecule has 11 nitrogen and oxygen atoms in total. The highest BCUT2D eigenvalue weighted by atomic mass is 19.1. The lowest BCUT2D eigenvalue weighted by atomic mass is 10.1. The molecule has 2 aromatic heterocycles. The Labute approximate surface area is 151 Å². The van der Waals surface area contributed by atoms with E-state index in [9.17, 15) is 18.8 Å². The van der Waals surface area contributed by atoms with E-state index in [1.165, 1.54) is 37.0 Å². The minimum Gasteiger partial charge on any atom is -0.288 e. The summed E-state index contributed by atoms with van der Waals surface area (Å²) in [4.78, 5) is 37.4. The van der Waals surface area contributed by atoms with Crippen molar-refractivity contribution in [2.75, 3.05) is 5.32 Å². The largest absolute Gasteiger partial charge is 0.347 e. The molecular weight excluding hydrogens is 359 g/mol. The third-order valence-corrected chi connectivity index (χ3v) is 3.83. The van der Waals surface area contributed by atoms with Crippen molar-refractivity contribution in [1.29, 1.82) is 0 Å². The highest BCUT2D eigenvalue weighted by Gasteiger charge is 2.20. The van der Waals surface area contributed by atoms with Crippen molar-refractivity contribution in [1.82, 2.24) is 34.6 Å². The number of hydrogen-bond donors (Lipinski definition) is 1. The Bertz CT molecular complexity index is 1150. The lowest BCUT2D eigenvalue weighted by molar-refractivity contribution is 0.101. The van der Waals surface area contributed by atoms with Gasteiger partial charge >= 0.3 is 5.69 Å². The molecule has 0 spiro atoms. The number of rotatable bonds is 4. The zero-order valence-electron chi connectivity index (χ0n) is 14.7. The first kappa shape index (κ1) is 18.1. The van der Waals surface area contributed by atoms with E-state index in [0.29, 0.717) is 11.1 Å². The Morgan fingerprint density at radius 2 is 1.96 bits per heavy atom. The number of anilines is 1. The summed E-state index contributed by atoms with van der Waals surface area (Å²) < 4.78 is 16.3. The van der Waals surface area contributed by atoms with E-state index in [1.807, 2.05) is 0 Å². The third kappa shape index (κ3) is 3.49. The molecule has 3 rings (SSSR count). The minimum atomic E-state index is -0.882. The van der Waals surface area contributed by atoms with Crippen LogP contribution in [0, 0.1) is 12.7 Å². The molecule has 0 fully saturated rings. The quantitative estimate of drug-likeness (QED) is 0.634. The molecule has 0 saturated carbocycles. The van der Waals surface area contributed by atoms with E-state index >= 15 is 0 Å². The van der Waals surface area contributed by atoms with Gasteiger partial charge in [0.1, 0.15) is 5.82 Å². The molecule has 12 heteroatoms. The van der Waals surface area contributed by atoms with E-state index in [2.05, 4.69) is 25.9 Å². The van der Waals surface area contributed by atoms with Crippen LogP contribution in [0.4, 0.5) is 10.3 Å². The van der Waals surface area contributed by atoms with Crippen molar-refractivity contribution < 1.29 is 9.18 Å². The number of carbonyl (C=O) groups is 1. The number of carbonyl (C=O) groups excluding carboxylic acids is 1. The molecule has 1 N–H and O–H groups in total. The molecular formula is C15H15FN8O3. The summed E-state index contributed by atoms with van der Waals surface area (Å²) in [5, 5.41) is 16.6. The summed E-state index contributed by atoms with van der Waals surface area (Å²) in [6, 6.07) is 4.22. The average Bonchev–Trinajstić information content (AvgIpc) is 3.02. The molecule has 0 saturated heterocycles. The van der Waals surface area contributed by atoms with Gasteiger partial charge in [-0.25, -0.2) is 18.5 Å². The van der Waals surface area contributed by atoms with Gasteiger partial charge in [0, 0.05) is 14.1 Å². The van der Waals surface area contributed by atoms with Crippen LogP contribution in [0.1, 0.15) is 21.6 Å². The van der Waals surface area contributed by atoms with Crippen LogP contribution >= 0.6 is 0 Å². The number of aryl methyl sites for hydroxylation is 3. The molecule has 0 atom stereocenters. The van der Waals surface area contributed by atoms with E-state index in [4.69, 9.17) is 0 Å². The van der Waals surface area contributed by atoms with Crippen LogP contribution in [0.2, 0.25) is 0 Å². The molecule has 2 heterocycles. The molecule has 0 radical (unpaired) electrons. The summed E-state index contributed by atoms with van der Waals surface area (Å²) in [6.45, 7) is 1.43. The SMILES string of the molecule is Cc1cc(Cn2c(=O)c(C(=O)Nc3nnnn3C)nn(C)c2=O)ccc1F. The summed E-state index contributed by atoms with van der Waals surface area (Å²) in [6.07, 6.45) is 0. The maximum absolute atomic E-state index is 13.4. The van der Waals surface area contributed by atoms with Crippen LogP contribution in [0.5, 0.6) is 0 Å². The van der Waals surface area contributed by atoms with Crippen LogP contribution in [0.25, 0.3) is 0 Å². The number of hydrogen-bond acceptors (Lipinski definition) is 7. The number of halogens is 1. The summed E-state index contributed by atoms with van der Waals surface area (Å²) in [5.41, 5.74) is -1.19. The molecule has 140 valence electrons. The van der Waals surface area contributed by atoms with Gasteiger partial charge in [0.25, 0.3) is 11.5 Å². The van der Waals surface area contributed by atoms with Gasteiger partial charge < -0.3 is 0 Å². The smallest absolute Gasteiger partial charge is 0.288 e. The zero-order valence-corrected chi connectivity index (χ0v) is 14.7. The first-order valence-corrected chi connectivity index (χ1v) is 7.75. The molecule has 0 unspecified atom stereocenters. The van der Waals surface area contributed by atoms with Gasteiger partial charge in [0.05, 0.1) is 6.54 Å². The Kier molecular flexibility index (Phi) is 4.62. The van der Waals surface area contributed by atoms with Gasteiger partial charge in [-0.1, -0.05) is 17.2 Å². The molecule has 0 aliphatic carbocycles. The first-order valence-electron chi connectivity index (χ1n) is 7.75.